The van der Waals surface area contributed by atoms with Gasteiger partial charge in [0.05, 0.1) is 33.8 Å². The molecular formula is C66H112N2O7P+. The number of esters is 1. The first-order valence-electron chi connectivity index (χ1n) is 30.0. The third kappa shape index (κ3) is 54.9. The number of hydrogen-bond acceptors (Lipinski definition) is 6. The van der Waals surface area contributed by atoms with E-state index in [1.54, 1.807) is 0 Å². The second-order valence-electron chi connectivity index (χ2n) is 20.8. The Kier molecular flexibility index (Phi) is 51.7. The lowest BCUT2D eigenvalue weighted by atomic mass is 10.0. The molecule has 0 bridgehead atoms. The number of nitrogens with zero attached hydrogens (tertiary/aromatic N) is 1. The van der Waals surface area contributed by atoms with Crippen LogP contribution in [-0.4, -0.2) is 74.3 Å². The van der Waals surface area contributed by atoms with Crippen molar-refractivity contribution in [1.29, 1.82) is 0 Å². The van der Waals surface area contributed by atoms with E-state index in [0.29, 0.717) is 23.9 Å². The summed E-state index contributed by atoms with van der Waals surface area (Å²) in [6, 6.07) is -0.906. The van der Waals surface area contributed by atoms with E-state index in [2.05, 4.69) is 135 Å². The Bertz CT molecular complexity index is 1760. The average Bonchev–Trinajstić information content (AvgIpc) is 3.38. The van der Waals surface area contributed by atoms with E-state index in [1.807, 2.05) is 45.4 Å². The van der Waals surface area contributed by atoms with Crippen LogP contribution in [0.15, 0.2) is 134 Å². The van der Waals surface area contributed by atoms with Gasteiger partial charge in [-0.2, -0.15) is 0 Å². The van der Waals surface area contributed by atoms with Crippen LogP contribution >= 0.6 is 7.82 Å². The van der Waals surface area contributed by atoms with Crippen molar-refractivity contribution in [1.82, 2.24) is 5.32 Å². The lowest BCUT2D eigenvalue weighted by Crippen LogP contribution is -2.47. The third-order valence-corrected chi connectivity index (χ3v) is 13.3. The maximum atomic E-state index is 13.5. The van der Waals surface area contributed by atoms with Crippen LogP contribution in [0.1, 0.15) is 220 Å². The molecule has 0 heterocycles. The molecule has 0 aliphatic heterocycles. The molecule has 76 heavy (non-hydrogen) atoms. The van der Waals surface area contributed by atoms with Crippen molar-refractivity contribution < 1.29 is 37.3 Å². The largest absolute Gasteiger partial charge is 0.472 e. The Morgan fingerprint density at radius 3 is 1.29 bits per heavy atom. The predicted molar refractivity (Wildman–Crippen MR) is 327 cm³/mol. The number of phosphoric ester groups is 1. The highest BCUT2D eigenvalue weighted by molar-refractivity contribution is 7.47. The van der Waals surface area contributed by atoms with Gasteiger partial charge in [0, 0.05) is 12.8 Å². The number of rotatable bonds is 52. The predicted octanol–water partition coefficient (Wildman–Crippen LogP) is 18.5. The van der Waals surface area contributed by atoms with Crippen LogP contribution in [0.2, 0.25) is 0 Å². The first kappa shape index (κ1) is 72.2. The number of nitrogens with one attached hydrogen (secondary N) is 1. The fraction of sp³-hybridized carbons (Fsp3) is 0.636. The molecule has 10 heteroatoms. The number of allylic oxidation sites excluding steroid dienone is 21. The van der Waals surface area contributed by atoms with Crippen LogP contribution in [0.5, 0.6) is 0 Å². The number of unbranched alkanes of at least 4 members (excludes halogenated alkanes) is 16. The zero-order valence-corrected chi connectivity index (χ0v) is 50.1. The molecule has 0 rings (SSSR count). The summed E-state index contributed by atoms with van der Waals surface area (Å²) in [5.74, 6) is -0.634. The van der Waals surface area contributed by atoms with Crippen molar-refractivity contribution >= 4 is 19.7 Å². The van der Waals surface area contributed by atoms with Crippen LogP contribution in [0, 0.1) is 0 Å². The standard InChI is InChI=1S/C66H111N2O7P/c1-7-10-13-16-19-22-25-28-30-32-33-34-35-36-38-41-44-47-50-53-56-59-66(70)75-64(57-54-51-48-45-42-39-27-24-21-18-15-12-9-3)63(62-74-76(71,72)73-61-60-68(4,5)6)67-65(69)58-55-52-49-46-43-40-37-31-29-26-23-20-17-14-11-8-2/h10-11,13-14,19-20,22-23,28-31,33-34,36,38,40,43,49,52,54,57,63-64H,7-9,12,15-18,21,24-27,32,35,37,39,41-42,44-48,50-51,53,55-56,58-62H2,1-6H3,(H-,67,69,71,72)/p+1/b13-10-,14-11+,22-19-,23-20+,30-28-,31-29+,34-33-,38-36-,43-40+,52-49+,57-54+. The van der Waals surface area contributed by atoms with Gasteiger partial charge in [0.2, 0.25) is 5.91 Å². The van der Waals surface area contributed by atoms with E-state index in [9.17, 15) is 19.0 Å². The number of likely N-dealkylation sites (N-methyl/N-ethyl adjacent to an activating group) is 1. The van der Waals surface area contributed by atoms with Crippen LogP contribution < -0.4 is 5.32 Å². The minimum atomic E-state index is -4.48. The molecule has 0 aliphatic carbocycles. The van der Waals surface area contributed by atoms with Gasteiger partial charge in [-0.1, -0.05) is 232 Å². The first-order chi connectivity index (χ1) is 36.9. The first-order valence-corrected chi connectivity index (χ1v) is 31.5. The molecule has 1 amide bonds. The van der Waals surface area contributed by atoms with E-state index in [4.69, 9.17) is 13.8 Å². The maximum Gasteiger partial charge on any atom is 0.472 e. The van der Waals surface area contributed by atoms with Crippen molar-refractivity contribution in [2.24, 2.45) is 0 Å². The molecule has 0 spiro atoms. The van der Waals surface area contributed by atoms with Gasteiger partial charge in [-0.25, -0.2) is 4.57 Å². The van der Waals surface area contributed by atoms with Crippen LogP contribution in [0.4, 0.5) is 0 Å². The summed E-state index contributed by atoms with van der Waals surface area (Å²) in [5.41, 5.74) is 0. The maximum absolute atomic E-state index is 13.5. The van der Waals surface area contributed by atoms with E-state index >= 15 is 0 Å². The van der Waals surface area contributed by atoms with Crippen molar-refractivity contribution in [3.8, 4) is 0 Å². The Morgan fingerprint density at radius 1 is 0.474 bits per heavy atom. The van der Waals surface area contributed by atoms with Crippen molar-refractivity contribution in [3.63, 3.8) is 0 Å². The molecular weight excluding hydrogens is 964 g/mol. The van der Waals surface area contributed by atoms with E-state index in [0.717, 1.165) is 116 Å². The van der Waals surface area contributed by atoms with Gasteiger partial charge in [0.1, 0.15) is 19.3 Å². The quantitative estimate of drug-likeness (QED) is 0.0205. The zero-order chi connectivity index (χ0) is 55.7. The van der Waals surface area contributed by atoms with Crippen molar-refractivity contribution in [2.75, 3.05) is 40.9 Å². The summed E-state index contributed by atoms with van der Waals surface area (Å²) in [5, 5.41) is 2.99. The SMILES string of the molecule is CC/C=C\C/C=C\C/C=C\C/C=C\C/C=C\CCCCCCCC(=O)OC(/C=C/CCCCCCCCCCCCC)C(COP(=O)(O)OCC[N+](C)(C)C)NC(=O)CC/C=C/C/C=C/C/C=C/C/C=C/C/C=C/CC. The molecule has 0 aliphatic rings. The number of carbonyl (C=O) groups is 2. The third-order valence-electron chi connectivity index (χ3n) is 12.3. The highest BCUT2D eigenvalue weighted by Crippen LogP contribution is 2.43. The molecule has 432 valence electrons. The molecule has 2 N–H and O–H groups in total. The Balaban J connectivity index is 5.46. The number of carbonyl (C=O) groups excluding carboxylic acids is 2. The lowest BCUT2D eigenvalue weighted by molar-refractivity contribution is -0.870. The Hall–Kier alpha value is -3.85. The fourth-order valence-corrected chi connectivity index (χ4v) is 8.51. The summed E-state index contributed by atoms with van der Waals surface area (Å²) in [6.07, 6.45) is 77.5. The van der Waals surface area contributed by atoms with E-state index in [1.165, 1.54) is 57.8 Å². The number of hydrogen-bond donors (Lipinski definition) is 2. The van der Waals surface area contributed by atoms with Crippen molar-refractivity contribution in [3.05, 3.63) is 134 Å². The van der Waals surface area contributed by atoms with Gasteiger partial charge in [0.15, 0.2) is 0 Å². The summed E-state index contributed by atoms with van der Waals surface area (Å²) in [7, 11) is 1.42. The molecule has 0 fully saturated rings. The number of ether oxygens (including phenoxy) is 1. The summed E-state index contributed by atoms with van der Waals surface area (Å²) >= 11 is 0. The highest BCUT2D eigenvalue weighted by Gasteiger charge is 2.30. The van der Waals surface area contributed by atoms with Gasteiger partial charge >= 0.3 is 13.8 Å². The highest BCUT2D eigenvalue weighted by atomic mass is 31.2. The molecule has 3 atom stereocenters. The van der Waals surface area contributed by atoms with Crippen LogP contribution in [-0.2, 0) is 27.9 Å². The van der Waals surface area contributed by atoms with E-state index < -0.39 is 20.0 Å². The fourth-order valence-electron chi connectivity index (χ4n) is 7.78. The molecule has 0 aromatic heterocycles. The molecule has 0 aromatic carbocycles. The van der Waals surface area contributed by atoms with Crippen LogP contribution in [0.25, 0.3) is 0 Å². The van der Waals surface area contributed by atoms with Crippen molar-refractivity contribution in [2.45, 2.75) is 232 Å². The number of phosphoric acid groups is 1. The summed E-state index contributed by atoms with van der Waals surface area (Å²) < 4.78 is 30.6. The summed E-state index contributed by atoms with van der Waals surface area (Å²) in [6.45, 7) is 6.69. The molecule has 0 aromatic rings. The van der Waals surface area contributed by atoms with Gasteiger partial charge < -0.3 is 19.4 Å². The van der Waals surface area contributed by atoms with Gasteiger partial charge in [-0.15, -0.1) is 0 Å². The van der Waals surface area contributed by atoms with Gasteiger partial charge in [0.25, 0.3) is 0 Å². The summed E-state index contributed by atoms with van der Waals surface area (Å²) in [4.78, 5) is 37.6. The molecule has 9 nitrogen and oxygen atoms in total. The van der Waals surface area contributed by atoms with E-state index in [-0.39, 0.29) is 37.9 Å². The minimum Gasteiger partial charge on any atom is -0.456 e. The number of amides is 1. The molecule has 3 unspecified atom stereocenters. The van der Waals surface area contributed by atoms with Gasteiger partial charge in [-0.3, -0.25) is 18.6 Å². The lowest BCUT2D eigenvalue weighted by Gasteiger charge is -2.27. The second kappa shape index (κ2) is 54.5. The smallest absolute Gasteiger partial charge is 0.456 e. The van der Waals surface area contributed by atoms with Gasteiger partial charge in [-0.05, 0) is 109 Å². The molecule has 0 saturated carbocycles. The minimum absolute atomic E-state index is 0.0161. The zero-order valence-electron chi connectivity index (χ0n) is 49.2. The second-order valence-corrected chi connectivity index (χ2v) is 22.2. The Labute approximate surface area is 466 Å². The topological polar surface area (TPSA) is 111 Å². The molecule has 0 radical (unpaired) electrons. The Morgan fingerprint density at radius 2 is 0.855 bits per heavy atom. The molecule has 0 saturated heterocycles. The normalized spacial score (nSPS) is 14.7. The number of quaternary nitrogens is 1. The van der Waals surface area contributed by atoms with Crippen LogP contribution in [0.3, 0.4) is 0 Å². The monoisotopic (exact) mass is 1080 g/mol. The average molecular weight is 1080 g/mol.